The third kappa shape index (κ3) is 4.41. The maximum Gasteiger partial charge on any atom is 0.121 e. The zero-order chi connectivity index (χ0) is 15.0. The first-order valence-corrected chi connectivity index (χ1v) is 7.86. The number of nitrogens with zero attached hydrogens (tertiary/aromatic N) is 2. The van der Waals surface area contributed by atoms with E-state index in [0.29, 0.717) is 0 Å². The van der Waals surface area contributed by atoms with E-state index in [1.807, 2.05) is 13.8 Å². The topological polar surface area (TPSA) is 15.7 Å². The van der Waals surface area contributed by atoms with Gasteiger partial charge in [-0.3, -0.25) is 4.90 Å². The van der Waals surface area contributed by atoms with Crippen LogP contribution in [0.5, 0.6) is 5.75 Å². The van der Waals surface area contributed by atoms with Crippen molar-refractivity contribution in [2.75, 3.05) is 44.7 Å². The number of methoxy groups -OCH3 is 1. The smallest absolute Gasteiger partial charge is 0.121 e. The van der Waals surface area contributed by atoms with Crippen molar-refractivity contribution in [1.82, 2.24) is 4.90 Å². The summed E-state index contributed by atoms with van der Waals surface area (Å²) in [6, 6.07) is 6.47. The molecule has 0 aromatic heterocycles. The zero-order valence-electron chi connectivity index (χ0n) is 13.8. The van der Waals surface area contributed by atoms with Crippen molar-refractivity contribution >= 4 is 5.69 Å². The molecule has 1 fully saturated rings. The van der Waals surface area contributed by atoms with Crippen LogP contribution in [0.15, 0.2) is 18.2 Å². The number of rotatable bonds is 4. The van der Waals surface area contributed by atoms with Crippen molar-refractivity contribution in [1.29, 1.82) is 0 Å². The minimum absolute atomic E-state index is 0.975. The van der Waals surface area contributed by atoms with E-state index in [0.717, 1.165) is 18.8 Å². The zero-order valence-corrected chi connectivity index (χ0v) is 13.8. The van der Waals surface area contributed by atoms with E-state index in [-0.39, 0.29) is 0 Å². The lowest BCUT2D eigenvalue weighted by Crippen LogP contribution is -2.46. The Morgan fingerprint density at radius 3 is 2.25 bits per heavy atom. The van der Waals surface area contributed by atoms with Gasteiger partial charge in [0.15, 0.2) is 0 Å². The normalized spacial score (nSPS) is 15.6. The molecule has 1 aliphatic heterocycles. The van der Waals surface area contributed by atoms with Crippen molar-refractivity contribution < 1.29 is 4.74 Å². The number of hydrogen-bond donors (Lipinski definition) is 0. The van der Waals surface area contributed by atoms with Crippen LogP contribution in [0.4, 0.5) is 5.69 Å². The average Bonchev–Trinajstić information content (AvgIpc) is 2.50. The molecule has 20 heavy (non-hydrogen) atoms. The molecular formula is C17H30N2O. The molecule has 0 atom stereocenters. The molecule has 1 aromatic rings. The highest BCUT2D eigenvalue weighted by atomic mass is 16.5. The van der Waals surface area contributed by atoms with Gasteiger partial charge in [0.2, 0.25) is 0 Å². The number of aryl methyl sites for hydroxylation is 1. The standard InChI is InChI=1S/C15H24N2O.C2H6/c1-4-7-16-8-10-17(11-9-16)14-5-6-15(18-3)13(2)12-14;1-2/h5-6,12H,4,7-11H2,1-3H3;1-2H3. The molecule has 0 saturated carbocycles. The van der Waals surface area contributed by atoms with Crippen LogP contribution in [0, 0.1) is 6.92 Å². The summed E-state index contributed by atoms with van der Waals surface area (Å²) in [5.41, 5.74) is 2.54. The second kappa shape index (κ2) is 8.85. The van der Waals surface area contributed by atoms with Crippen molar-refractivity contribution in [3.8, 4) is 5.75 Å². The van der Waals surface area contributed by atoms with Crippen LogP contribution in [0.2, 0.25) is 0 Å². The SMILES string of the molecule is CC.CCCN1CCN(c2ccc(OC)c(C)c2)CC1. The summed E-state index contributed by atoms with van der Waals surface area (Å²) in [6.07, 6.45) is 1.25. The molecule has 114 valence electrons. The Labute approximate surface area is 124 Å². The predicted octanol–water partition coefficient (Wildman–Crippen LogP) is 3.56. The largest absolute Gasteiger partial charge is 0.496 e. The molecule has 0 bridgehead atoms. The highest BCUT2D eigenvalue weighted by Gasteiger charge is 2.16. The number of benzene rings is 1. The van der Waals surface area contributed by atoms with Crippen molar-refractivity contribution in [2.45, 2.75) is 34.1 Å². The molecule has 0 N–H and O–H groups in total. The van der Waals surface area contributed by atoms with Crippen LogP contribution in [-0.4, -0.2) is 44.7 Å². The van der Waals surface area contributed by atoms with Crippen LogP contribution in [0.1, 0.15) is 32.8 Å². The summed E-state index contributed by atoms with van der Waals surface area (Å²) in [5.74, 6) is 0.975. The van der Waals surface area contributed by atoms with Gasteiger partial charge in [-0.15, -0.1) is 0 Å². The van der Waals surface area contributed by atoms with E-state index in [1.54, 1.807) is 7.11 Å². The van der Waals surface area contributed by atoms with Gasteiger partial charge in [0.1, 0.15) is 5.75 Å². The van der Waals surface area contributed by atoms with Crippen LogP contribution >= 0.6 is 0 Å². The minimum atomic E-state index is 0.975. The average molecular weight is 278 g/mol. The number of anilines is 1. The fraction of sp³-hybridized carbons (Fsp3) is 0.647. The third-order valence-corrected chi connectivity index (χ3v) is 3.66. The summed E-state index contributed by atoms with van der Waals surface area (Å²) in [6.45, 7) is 14.2. The van der Waals surface area contributed by atoms with Crippen LogP contribution in [-0.2, 0) is 0 Å². The van der Waals surface area contributed by atoms with Gasteiger partial charge in [-0.25, -0.2) is 0 Å². The lowest BCUT2D eigenvalue weighted by atomic mass is 10.1. The molecule has 0 spiro atoms. The first kappa shape index (κ1) is 16.8. The third-order valence-electron chi connectivity index (χ3n) is 3.66. The molecule has 2 rings (SSSR count). The molecule has 0 radical (unpaired) electrons. The molecule has 3 nitrogen and oxygen atoms in total. The van der Waals surface area contributed by atoms with Gasteiger partial charge < -0.3 is 9.64 Å². The van der Waals surface area contributed by atoms with Crippen LogP contribution < -0.4 is 9.64 Å². The highest BCUT2D eigenvalue weighted by molar-refractivity contribution is 5.53. The number of ether oxygens (including phenoxy) is 1. The Morgan fingerprint density at radius 2 is 1.75 bits per heavy atom. The second-order valence-electron chi connectivity index (χ2n) is 4.98. The number of piperazine rings is 1. The van der Waals surface area contributed by atoms with Gasteiger partial charge in [0, 0.05) is 31.9 Å². The van der Waals surface area contributed by atoms with Gasteiger partial charge >= 0.3 is 0 Å². The molecule has 0 aliphatic carbocycles. The van der Waals surface area contributed by atoms with Crippen LogP contribution in [0.3, 0.4) is 0 Å². The second-order valence-corrected chi connectivity index (χ2v) is 4.98. The fourth-order valence-electron chi connectivity index (χ4n) is 2.61. The maximum atomic E-state index is 5.31. The predicted molar refractivity (Wildman–Crippen MR) is 88.0 cm³/mol. The Balaban J connectivity index is 0.000000956. The molecule has 0 unspecified atom stereocenters. The molecule has 3 heteroatoms. The lowest BCUT2D eigenvalue weighted by Gasteiger charge is -2.36. The van der Waals surface area contributed by atoms with E-state index >= 15 is 0 Å². The van der Waals surface area contributed by atoms with Gasteiger partial charge in [0.05, 0.1) is 7.11 Å². The molecule has 1 heterocycles. The Bertz CT molecular complexity index is 385. The Hall–Kier alpha value is -1.22. The Kier molecular flexibility index (Phi) is 7.45. The van der Waals surface area contributed by atoms with E-state index in [9.17, 15) is 0 Å². The molecule has 1 saturated heterocycles. The summed E-state index contributed by atoms with van der Waals surface area (Å²) in [7, 11) is 1.73. The summed E-state index contributed by atoms with van der Waals surface area (Å²) in [5, 5.41) is 0. The van der Waals surface area contributed by atoms with E-state index in [1.165, 1.54) is 37.3 Å². The molecule has 0 amide bonds. The fourth-order valence-corrected chi connectivity index (χ4v) is 2.61. The summed E-state index contributed by atoms with van der Waals surface area (Å²) >= 11 is 0. The maximum absolute atomic E-state index is 5.31. The quantitative estimate of drug-likeness (QED) is 0.837. The molecule has 1 aromatic carbocycles. The van der Waals surface area contributed by atoms with Gasteiger partial charge in [-0.2, -0.15) is 0 Å². The lowest BCUT2D eigenvalue weighted by molar-refractivity contribution is 0.258. The van der Waals surface area contributed by atoms with Crippen LogP contribution in [0.25, 0.3) is 0 Å². The van der Waals surface area contributed by atoms with Gasteiger partial charge in [-0.05, 0) is 43.7 Å². The minimum Gasteiger partial charge on any atom is -0.496 e. The summed E-state index contributed by atoms with van der Waals surface area (Å²) < 4.78 is 5.31. The number of hydrogen-bond acceptors (Lipinski definition) is 3. The monoisotopic (exact) mass is 278 g/mol. The highest BCUT2D eigenvalue weighted by Crippen LogP contribution is 2.24. The van der Waals surface area contributed by atoms with Crippen molar-refractivity contribution in [3.63, 3.8) is 0 Å². The van der Waals surface area contributed by atoms with Crippen molar-refractivity contribution in [3.05, 3.63) is 23.8 Å². The summed E-state index contributed by atoms with van der Waals surface area (Å²) in [4.78, 5) is 5.02. The first-order valence-electron chi connectivity index (χ1n) is 7.86. The van der Waals surface area contributed by atoms with Gasteiger partial charge in [-0.1, -0.05) is 20.8 Å². The van der Waals surface area contributed by atoms with E-state index in [2.05, 4.69) is 41.8 Å². The molecule has 1 aliphatic rings. The Morgan fingerprint density at radius 1 is 1.10 bits per heavy atom. The van der Waals surface area contributed by atoms with E-state index in [4.69, 9.17) is 4.74 Å². The van der Waals surface area contributed by atoms with Crippen molar-refractivity contribution in [2.24, 2.45) is 0 Å². The van der Waals surface area contributed by atoms with Gasteiger partial charge in [0.25, 0.3) is 0 Å². The van der Waals surface area contributed by atoms with E-state index < -0.39 is 0 Å². The first-order chi connectivity index (χ1) is 9.74. The molecular weight excluding hydrogens is 248 g/mol.